The predicted molar refractivity (Wildman–Crippen MR) is 58.9 cm³/mol. The summed E-state index contributed by atoms with van der Waals surface area (Å²) in [5.41, 5.74) is -0.659. The van der Waals surface area contributed by atoms with Gasteiger partial charge in [0.15, 0.2) is 0 Å². The first-order chi connectivity index (χ1) is 6.74. The van der Waals surface area contributed by atoms with E-state index in [4.69, 9.17) is 0 Å². The lowest BCUT2D eigenvalue weighted by Gasteiger charge is -2.02. The third-order valence-corrected chi connectivity index (χ3v) is 2.77. The second-order valence-corrected chi connectivity index (χ2v) is 4.25. The molecule has 1 rings (SSSR count). The molecule has 0 aliphatic heterocycles. The molecule has 0 radical (unpaired) electrons. The number of thioether (sulfide) groups is 1. The molecule has 0 amide bonds. The Balaban J connectivity index is 2.51. The largest absolute Gasteiger partial charge is 0.328 e. The maximum Gasteiger partial charge on any atom is 0.328 e. The second-order valence-electron chi connectivity index (χ2n) is 2.85. The zero-order valence-electron chi connectivity index (χ0n) is 8.16. The fourth-order valence-corrected chi connectivity index (χ4v) is 1.72. The highest BCUT2D eigenvalue weighted by Gasteiger charge is 1.95. The molecule has 1 aromatic rings. The molecule has 0 saturated heterocycles. The van der Waals surface area contributed by atoms with Crippen LogP contribution in [0.25, 0.3) is 0 Å². The summed E-state index contributed by atoms with van der Waals surface area (Å²) in [6.07, 6.45) is 2.49. The van der Waals surface area contributed by atoms with Gasteiger partial charge in [-0.3, -0.25) is 9.78 Å². The highest BCUT2D eigenvalue weighted by Crippen LogP contribution is 2.01. The molecule has 1 heterocycles. The van der Waals surface area contributed by atoms with Gasteiger partial charge in [-0.05, 0) is 17.9 Å². The number of aromatic amines is 1. The van der Waals surface area contributed by atoms with Gasteiger partial charge in [0.1, 0.15) is 0 Å². The number of aryl methyl sites for hydroxylation is 1. The van der Waals surface area contributed by atoms with E-state index in [1.54, 1.807) is 0 Å². The van der Waals surface area contributed by atoms with E-state index in [9.17, 15) is 9.59 Å². The fraction of sp³-hybridized carbons (Fsp3) is 0.556. The minimum absolute atomic E-state index is 0.320. The van der Waals surface area contributed by atoms with E-state index in [2.05, 4.69) is 11.9 Å². The van der Waals surface area contributed by atoms with Crippen molar-refractivity contribution in [2.24, 2.45) is 0 Å². The third kappa shape index (κ3) is 3.41. The summed E-state index contributed by atoms with van der Waals surface area (Å²) in [6.45, 7) is 2.78. The van der Waals surface area contributed by atoms with E-state index < -0.39 is 0 Å². The third-order valence-electron chi connectivity index (χ3n) is 1.79. The van der Waals surface area contributed by atoms with Gasteiger partial charge in [0, 0.05) is 18.8 Å². The second kappa shape index (κ2) is 5.70. The number of nitrogens with zero attached hydrogens (tertiary/aromatic N) is 1. The van der Waals surface area contributed by atoms with E-state index >= 15 is 0 Å². The van der Waals surface area contributed by atoms with E-state index in [0.717, 1.165) is 17.9 Å². The van der Waals surface area contributed by atoms with Gasteiger partial charge in [-0.2, -0.15) is 11.8 Å². The molecule has 5 heteroatoms. The van der Waals surface area contributed by atoms with Gasteiger partial charge in [-0.1, -0.05) is 6.92 Å². The van der Waals surface area contributed by atoms with Crippen LogP contribution in [0.3, 0.4) is 0 Å². The number of hydrogen-bond donors (Lipinski definition) is 1. The first kappa shape index (κ1) is 11.1. The monoisotopic (exact) mass is 214 g/mol. The Morgan fingerprint density at radius 1 is 1.50 bits per heavy atom. The van der Waals surface area contributed by atoms with Crippen LogP contribution in [0.2, 0.25) is 0 Å². The van der Waals surface area contributed by atoms with Gasteiger partial charge in [0.25, 0.3) is 5.56 Å². The summed E-state index contributed by atoms with van der Waals surface area (Å²) in [6, 6.07) is 1.37. The van der Waals surface area contributed by atoms with Crippen LogP contribution in [-0.4, -0.2) is 21.1 Å². The molecule has 0 bridgehead atoms. The van der Waals surface area contributed by atoms with E-state index in [0.29, 0.717) is 6.54 Å². The van der Waals surface area contributed by atoms with Gasteiger partial charge in [0.2, 0.25) is 0 Å². The quantitative estimate of drug-likeness (QED) is 0.733. The Kier molecular flexibility index (Phi) is 4.52. The summed E-state index contributed by atoms with van der Waals surface area (Å²) in [5, 5.41) is 0. The van der Waals surface area contributed by atoms with Crippen molar-refractivity contribution in [2.75, 3.05) is 11.5 Å². The first-order valence-electron chi connectivity index (χ1n) is 4.61. The van der Waals surface area contributed by atoms with Gasteiger partial charge < -0.3 is 4.57 Å². The Morgan fingerprint density at radius 2 is 2.29 bits per heavy atom. The molecule has 1 N–H and O–H groups in total. The highest BCUT2D eigenvalue weighted by atomic mass is 32.2. The summed E-state index contributed by atoms with van der Waals surface area (Å²) in [5.74, 6) is 2.14. The molecule has 14 heavy (non-hydrogen) atoms. The minimum Gasteiger partial charge on any atom is -0.301 e. The van der Waals surface area contributed by atoms with Gasteiger partial charge >= 0.3 is 5.69 Å². The van der Waals surface area contributed by atoms with Crippen LogP contribution in [0.15, 0.2) is 21.9 Å². The lowest BCUT2D eigenvalue weighted by atomic mass is 10.4. The molecule has 0 aromatic carbocycles. The average Bonchev–Trinajstić information content (AvgIpc) is 2.15. The molecule has 4 nitrogen and oxygen atoms in total. The van der Waals surface area contributed by atoms with Gasteiger partial charge in [-0.15, -0.1) is 0 Å². The maximum atomic E-state index is 11.2. The first-order valence-corrected chi connectivity index (χ1v) is 5.77. The van der Waals surface area contributed by atoms with Crippen LogP contribution >= 0.6 is 11.8 Å². The molecule has 0 aliphatic carbocycles. The maximum absolute atomic E-state index is 11.2. The fourth-order valence-electron chi connectivity index (χ4n) is 1.10. The molecule has 0 saturated carbocycles. The molecule has 0 fully saturated rings. The van der Waals surface area contributed by atoms with E-state index in [1.165, 1.54) is 16.8 Å². The standard InChI is InChI=1S/C9H14N2O2S/c1-2-14-7-3-5-11-6-4-8(12)10-9(11)13/h4,6H,2-3,5,7H2,1H3,(H,10,12,13). The zero-order valence-corrected chi connectivity index (χ0v) is 8.97. The topological polar surface area (TPSA) is 54.9 Å². The van der Waals surface area contributed by atoms with Crippen molar-refractivity contribution < 1.29 is 0 Å². The molecule has 0 spiro atoms. The molecule has 0 atom stereocenters. The number of rotatable bonds is 5. The molecular weight excluding hydrogens is 200 g/mol. The predicted octanol–water partition coefficient (Wildman–Crippen LogP) is 0.680. The van der Waals surface area contributed by atoms with Crippen LogP contribution in [0.4, 0.5) is 0 Å². The molecular formula is C9H14N2O2S. The van der Waals surface area contributed by atoms with Gasteiger partial charge in [0.05, 0.1) is 0 Å². The van der Waals surface area contributed by atoms with Crippen LogP contribution in [0.5, 0.6) is 0 Å². The number of H-pyrrole nitrogens is 1. The summed E-state index contributed by atoms with van der Waals surface area (Å²) >= 11 is 1.85. The van der Waals surface area contributed by atoms with Crippen LogP contribution in [0, 0.1) is 0 Å². The molecule has 78 valence electrons. The summed E-state index contributed by atoms with van der Waals surface area (Å²) in [4.78, 5) is 24.2. The molecule has 0 unspecified atom stereocenters. The van der Waals surface area contributed by atoms with Crippen LogP contribution in [-0.2, 0) is 6.54 Å². The Hall–Kier alpha value is -0.970. The van der Waals surface area contributed by atoms with Crippen molar-refractivity contribution in [3.8, 4) is 0 Å². The number of aromatic nitrogens is 2. The van der Waals surface area contributed by atoms with E-state index in [1.807, 2.05) is 11.8 Å². The normalized spacial score (nSPS) is 10.4. The highest BCUT2D eigenvalue weighted by molar-refractivity contribution is 7.99. The smallest absolute Gasteiger partial charge is 0.301 e. The van der Waals surface area contributed by atoms with Crippen molar-refractivity contribution in [1.82, 2.24) is 9.55 Å². The van der Waals surface area contributed by atoms with Crippen molar-refractivity contribution in [3.63, 3.8) is 0 Å². The van der Waals surface area contributed by atoms with Crippen molar-refractivity contribution in [3.05, 3.63) is 33.1 Å². The SMILES string of the molecule is CCSCCCn1ccc(=O)[nH]c1=O. The van der Waals surface area contributed by atoms with Crippen molar-refractivity contribution in [2.45, 2.75) is 19.9 Å². The Labute approximate surface area is 86.4 Å². The van der Waals surface area contributed by atoms with Crippen molar-refractivity contribution >= 4 is 11.8 Å². The molecule has 1 aromatic heterocycles. The lowest BCUT2D eigenvalue weighted by Crippen LogP contribution is -2.28. The molecule has 0 aliphatic rings. The number of nitrogens with one attached hydrogen (secondary N) is 1. The van der Waals surface area contributed by atoms with Crippen LogP contribution in [0.1, 0.15) is 13.3 Å². The van der Waals surface area contributed by atoms with Crippen molar-refractivity contribution in [1.29, 1.82) is 0 Å². The number of hydrogen-bond acceptors (Lipinski definition) is 3. The zero-order chi connectivity index (χ0) is 10.4. The van der Waals surface area contributed by atoms with Crippen LogP contribution < -0.4 is 11.2 Å². The Bertz CT molecular complexity index is 383. The lowest BCUT2D eigenvalue weighted by molar-refractivity contribution is 0.636. The van der Waals surface area contributed by atoms with E-state index in [-0.39, 0.29) is 11.2 Å². The minimum atomic E-state index is -0.339. The summed E-state index contributed by atoms with van der Waals surface area (Å²) < 4.78 is 1.53. The Morgan fingerprint density at radius 3 is 2.93 bits per heavy atom. The summed E-state index contributed by atoms with van der Waals surface area (Å²) in [7, 11) is 0. The van der Waals surface area contributed by atoms with Gasteiger partial charge in [-0.25, -0.2) is 4.79 Å². The average molecular weight is 214 g/mol.